The Morgan fingerprint density at radius 3 is 2.79 bits per heavy atom. The van der Waals surface area contributed by atoms with Crippen molar-refractivity contribution in [2.45, 2.75) is 58.8 Å². The first-order chi connectivity index (χ1) is 14.1. The fraction of sp³-hybridized carbons (Fsp3) is 0.435. The lowest BCUT2D eigenvalue weighted by Crippen LogP contribution is -2.32. The summed E-state index contributed by atoms with van der Waals surface area (Å²) in [6.07, 6.45) is 8.95. The van der Waals surface area contributed by atoms with Crippen molar-refractivity contribution in [2.24, 2.45) is 5.92 Å². The van der Waals surface area contributed by atoms with E-state index in [9.17, 15) is 4.79 Å². The quantitative estimate of drug-likeness (QED) is 0.667. The van der Waals surface area contributed by atoms with Crippen LogP contribution in [0.25, 0.3) is 11.3 Å². The summed E-state index contributed by atoms with van der Waals surface area (Å²) in [5.41, 5.74) is 5.32. The second-order valence-electron chi connectivity index (χ2n) is 8.59. The van der Waals surface area contributed by atoms with Crippen molar-refractivity contribution in [1.29, 1.82) is 0 Å². The summed E-state index contributed by atoms with van der Waals surface area (Å²) in [4.78, 5) is 19.5. The molecule has 1 saturated carbocycles. The number of hydrogen-bond acceptors (Lipinski definition) is 3. The summed E-state index contributed by atoms with van der Waals surface area (Å²) < 4.78 is 4.36. The van der Waals surface area contributed by atoms with Crippen molar-refractivity contribution in [3.63, 3.8) is 0 Å². The van der Waals surface area contributed by atoms with Gasteiger partial charge in [-0.15, -0.1) is 0 Å². The number of amides is 1. The van der Waals surface area contributed by atoms with Crippen LogP contribution in [0.1, 0.15) is 49.7 Å². The van der Waals surface area contributed by atoms with Gasteiger partial charge >= 0.3 is 0 Å². The highest BCUT2D eigenvalue weighted by atomic mass is 16.2. The minimum absolute atomic E-state index is 0.106. The first-order valence-electron chi connectivity index (χ1n) is 10.5. The van der Waals surface area contributed by atoms with Gasteiger partial charge in [-0.2, -0.15) is 5.10 Å². The van der Waals surface area contributed by atoms with Crippen LogP contribution in [-0.2, 0) is 30.8 Å². The van der Waals surface area contributed by atoms with Gasteiger partial charge in [-0.1, -0.05) is 6.07 Å². The monoisotopic (exact) mass is 389 g/mol. The standard InChI is InChI=1S/C23H27N5O/c1-16(2)28-10-8-20-21(28)15-26(22(29)11-19-5-3-4-9-24-19)13-18-14-27(25-23(18)20)12-17-6-7-17/h3-5,8-10,14,16-17H,6-7,11-13,15H2,1-2H3. The van der Waals surface area contributed by atoms with E-state index in [1.807, 2.05) is 23.1 Å². The minimum atomic E-state index is 0.106. The molecule has 0 radical (unpaired) electrons. The number of carbonyl (C=O) groups excluding carboxylic acids is 1. The number of aromatic nitrogens is 4. The van der Waals surface area contributed by atoms with Crippen LogP contribution in [0, 0.1) is 5.92 Å². The second-order valence-corrected chi connectivity index (χ2v) is 8.59. The van der Waals surface area contributed by atoms with Gasteiger partial charge in [0.2, 0.25) is 5.91 Å². The molecular weight excluding hydrogens is 362 g/mol. The van der Waals surface area contributed by atoms with Crippen molar-refractivity contribution in [1.82, 2.24) is 24.2 Å². The Balaban J connectivity index is 1.50. The van der Waals surface area contributed by atoms with E-state index < -0.39 is 0 Å². The van der Waals surface area contributed by atoms with Crippen molar-refractivity contribution in [3.8, 4) is 11.3 Å². The van der Waals surface area contributed by atoms with E-state index in [1.165, 1.54) is 18.5 Å². The summed E-state index contributed by atoms with van der Waals surface area (Å²) in [5.74, 6) is 0.870. The Labute approximate surface area is 171 Å². The Kier molecular flexibility index (Phi) is 4.49. The fourth-order valence-corrected chi connectivity index (χ4v) is 4.20. The Hall–Kier alpha value is -2.89. The summed E-state index contributed by atoms with van der Waals surface area (Å²) in [7, 11) is 0. The van der Waals surface area contributed by atoms with Gasteiger partial charge in [0, 0.05) is 60.2 Å². The van der Waals surface area contributed by atoms with Crippen molar-refractivity contribution in [3.05, 3.63) is 59.8 Å². The lowest BCUT2D eigenvalue weighted by atomic mass is 10.1. The molecule has 29 heavy (non-hydrogen) atoms. The normalized spacial score (nSPS) is 15.9. The van der Waals surface area contributed by atoms with Gasteiger partial charge in [0.1, 0.15) is 0 Å². The van der Waals surface area contributed by atoms with Crippen LogP contribution in [0.2, 0.25) is 0 Å². The molecule has 150 valence electrons. The van der Waals surface area contributed by atoms with Gasteiger partial charge in [0.15, 0.2) is 0 Å². The van der Waals surface area contributed by atoms with Crippen molar-refractivity contribution in [2.75, 3.05) is 0 Å². The average molecular weight is 390 g/mol. The number of rotatable bonds is 5. The van der Waals surface area contributed by atoms with E-state index in [0.717, 1.165) is 35.0 Å². The van der Waals surface area contributed by atoms with E-state index in [0.29, 0.717) is 25.6 Å². The molecule has 0 atom stereocenters. The molecule has 5 rings (SSSR count). The first kappa shape index (κ1) is 18.2. The molecule has 3 aromatic heterocycles. The summed E-state index contributed by atoms with van der Waals surface area (Å²) >= 11 is 0. The van der Waals surface area contributed by atoms with Crippen LogP contribution < -0.4 is 0 Å². The minimum Gasteiger partial charge on any atom is -0.347 e. The smallest absolute Gasteiger partial charge is 0.229 e. The van der Waals surface area contributed by atoms with E-state index in [-0.39, 0.29) is 5.91 Å². The zero-order valence-corrected chi connectivity index (χ0v) is 17.1. The van der Waals surface area contributed by atoms with Crippen LogP contribution in [0.15, 0.2) is 42.9 Å². The maximum Gasteiger partial charge on any atom is 0.229 e. The zero-order chi connectivity index (χ0) is 20.0. The third-order valence-corrected chi connectivity index (χ3v) is 5.93. The number of fused-ring (bicyclic) bond motifs is 3. The van der Waals surface area contributed by atoms with Gasteiger partial charge in [0.05, 0.1) is 18.7 Å². The Bertz CT molecular complexity index is 1030. The fourth-order valence-electron chi connectivity index (χ4n) is 4.20. The SMILES string of the molecule is CC(C)n1ccc2c1CN(C(=O)Cc1ccccn1)Cc1cn(CC3CC3)nc1-2. The molecule has 0 spiro atoms. The third kappa shape index (κ3) is 3.59. The van der Waals surface area contributed by atoms with E-state index >= 15 is 0 Å². The topological polar surface area (TPSA) is 56.0 Å². The summed E-state index contributed by atoms with van der Waals surface area (Å²) in [6.45, 7) is 6.54. The molecular formula is C23H27N5O. The lowest BCUT2D eigenvalue weighted by Gasteiger charge is -2.23. The largest absolute Gasteiger partial charge is 0.347 e. The average Bonchev–Trinajstić information content (AvgIpc) is 3.32. The van der Waals surface area contributed by atoms with E-state index in [1.54, 1.807) is 6.20 Å². The van der Waals surface area contributed by atoms with Gasteiger partial charge in [0.25, 0.3) is 0 Å². The van der Waals surface area contributed by atoms with E-state index in [2.05, 4.69) is 46.5 Å². The predicted molar refractivity (Wildman–Crippen MR) is 111 cm³/mol. The van der Waals surface area contributed by atoms with Crippen LogP contribution in [0.4, 0.5) is 0 Å². The van der Waals surface area contributed by atoms with Crippen molar-refractivity contribution < 1.29 is 4.79 Å². The molecule has 4 heterocycles. The molecule has 0 aromatic carbocycles. The van der Waals surface area contributed by atoms with Crippen molar-refractivity contribution >= 4 is 5.91 Å². The highest BCUT2D eigenvalue weighted by Gasteiger charge is 2.29. The number of pyridine rings is 1. The number of hydrogen-bond donors (Lipinski definition) is 0. The Morgan fingerprint density at radius 2 is 2.07 bits per heavy atom. The third-order valence-electron chi connectivity index (χ3n) is 5.93. The molecule has 1 amide bonds. The molecule has 0 unspecified atom stereocenters. The van der Waals surface area contributed by atoms with Crippen LogP contribution in [0.3, 0.4) is 0 Å². The van der Waals surface area contributed by atoms with Crippen LogP contribution in [-0.4, -0.2) is 30.1 Å². The molecule has 1 aliphatic heterocycles. The second kappa shape index (κ2) is 7.17. The first-order valence-corrected chi connectivity index (χ1v) is 10.5. The molecule has 2 aliphatic rings. The summed E-state index contributed by atoms with van der Waals surface area (Å²) in [6, 6.07) is 8.22. The van der Waals surface area contributed by atoms with Crippen LogP contribution >= 0.6 is 0 Å². The van der Waals surface area contributed by atoms with Gasteiger partial charge in [-0.05, 0) is 50.8 Å². The number of nitrogens with zero attached hydrogens (tertiary/aromatic N) is 5. The molecule has 0 bridgehead atoms. The van der Waals surface area contributed by atoms with Crippen LogP contribution in [0.5, 0.6) is 0 Å². The molecule has 6 heteroatoms. The highest BCUT2D eigenvalue weighted by molar-refractivity contribution is 5.80. The highest BCUT2D eigenvalue weighted by Crippen LogP contribution is 2.36. The lowest BCUT2D eigenvalue weighted by molar-refractivity contribution is -0.131. The van der Waals surface area contributed by atoms with Gasteiger partial charge in [-0.3, -0.25) is 14.5 Å². The summed E-state index contributed by atoms with van der Waals surface area (Å²) in [5, 5.41) is 4.94. The zero-order valence-electron chi connectivity index (χ0n) is 17.1. The Morgan fingerprint density at radius 1 is 1.21 bits per heavy atom. The van der Waals surface area contributed by atoms with E-state index in [4.69, 9.17) is 5.10 Å². The molecule has 0 saturated heterocycles. The van der Waals surface area contributed by atoms with Gasteiger partial charge < -0.3 is 9.47 Å². The molecule has 1 aliphatic carbocycles. The maximum absolute atomic E-state index is 13.2. The predicted octanol–water partition coefficient (Wildman–Crippen LogP) is 3.82. The molecule has 1 fully saturated rings. The molecule has 3 aromatic rings. The maximum atomic E-state index is 13.2. The molecule has 6 nitrogen and oxygen atoms in total. The molecule has 0 N–H and O–H groups in total. The number of carbonyl (C=O) groups is 1. The van der Waals surface area contributed by atoms with Gasteiger partial charge in [-0.25, -0.2) is 0 Å².